The average Bonchev–Trinajstić information content (AvgIpc) is 2.65. The van der Waals surface area contributed by atoms with Gasteiger partial charge in [-0.1, -0.05) is 24.3 Å². The predicted octanol–water partition coefficient (Wildman–Crippen LogP) is 2.45. The molecule has 0 bridgehead atoms. The SMILES string of the molecule is Cc1ccc(C)c(OCC(=O)NNC(=O)C=Cc2ccccc2[N+](=O)[O-])c1. The third kappa shape index (κ3) is 5.96. The second-order valence-corrected chi connectivity index (χ2v) is 5.74. The van der Waals surface area contributed by atoms with Crippen molar-refractivity contribution in [3.05, 3.63) is 75.3 Å². The minimum Gasteiger partial charge on any atom is -0.483 e. The number of ether oxygens (including phenoxy) is 1. The molecule has 0 unspecified atom stereocenters. The number of benzene rings is 2. The zero-order chi connectivity index (χ0) is 19.8. The number of nitrogens with one attached hydrogen (secondary N) is 2. The molecule has 0 aliphatic heterocycles. The van der Waals surface area contributed by atoms with Gasteiger partial charge in [-0.05, 0) is 43.2 Å². The maximum atomic E-state index is 11.8. The van der Waals surface area contributed by atoms with Crippen molar-refractivity contribution in [1.82, 2.24) is 10.9 Å². The van der Waals surface area contributed by atoms with Gasteiger partial charge in [-0.3, -0.25) is 30.6 Å². The van der Waals surface area contributed by atoms with Gasteiger partial charge in [-0.15, -0.1) is 0 Å². The van der Waals surface area contributed by atoms with Crippen LogP contribution in [0.5, 0.6) is 5.75 Å². The van der Waals surface area contributed by atoms with Gasteiger partial charge in [0.05, 0.1) is 10.5 Å². The fraction of sp³-hybridized carbons (Fsp3) is 0.158. The summed E-state index contributed by atoms with van der Waals surface area (Å²) in [7, 11) is 0. The van der Waals surface area contributed by atoms with Crippen LogP contribution in [0, 0.1) is 24.0 Å². The first kappa shape index (κ1) is 19.6. The van der Waals surface area contributed by atoms with Gasteiger partial charge >= 0.3 is 0 Å². The molecule has 0 saturated heterocycles. The molecule has 2 aromatic carbocycles. The first-order valence-electron chi connectivity index (χ1n) is 8.07. The monoisotopic (exact) mass is 369 g/mol. The van der Waals surface area contributed by atoms with Crippen LogP contribution in [0.3, 0.4) is 0 Å². The Morgan fingerprint density at radius 2 is 1.89 bits per heavy atom. The predicted molar refractivity (Wildman–Crippen MR) is 99.8 cm³/mol. The Hall–Kier alpha value is -3.68. The normalized spacial score (nSPS) is 10.4. The Labute approximate surface area is 156 Å². The lowest BCUT2D eigenvalue weighted by molar-refractivity contribution is -0.385. The van der Waals surface area contributed by atoms with E-state index in [2.05, 4.69) is 10.9 Å². The van der Waals surface area contributed by atoms with E-state index in [9.17, 15) is 19.7 Å². The maximum Gasteiger partial charge on any atom is 0.276 e. The highest BCUT2D eigenvalue weighted by atomic mass is 16.6. The van der Waals surface area contributed by atoms with Crippen molar-refractivity contribution in [3.8, 4) is 5.75 Å². The largest absolute Gasteiger partial charge is 0.483 e. The van der Waals surface area contributed by atoms with E-state index in [0.29, 0.717) is 5.75 Å². The molecule has 2 N–H and O–H groups in total. The van der Waals surface area contributed by atoms with Gasteiger partial charge < -0.3 is 4.74 Å². The second-order valence-electron chi connectivity index (χ2n) is 5.74. The summed E-state index contributed by atoms with van der Waals surface area (Å²) in [4.78, 5) is 33.9. The number of aryl methyl sites for hydroxylation is 2. The molecule has 0 atom stereocenters. The van der Waals surface area contributed by atoms with Gasteiger partial charge in [0, 0.05) is 12.1 Å². The molecule has 8 nitrogen and oxygen atoms in total. The summed E-state index contributed by atoms with van der Waals surface area (Å²) in [5.74, 6) is -0.579. The minimum atomic E-state index is -0.631. The zero-order valence-corrected chi connectivity index (χ0v) is 14.9. The molecule has 0 spiro atoms. The highest BCUT2D eigenvalue weighted by molar-refractivity contribution is 5.93. The molecule has 0 aliphatic carbocycles. The summed E-state index contributed by atoms with van der Waals surface area (Å²) in [5, 5.41) is 10.9. The number of amides is 2. The van der Waals surface area contributed by atoms with E-state index in [1.807, 2.05) is 32.0 Å². The molecule has 0 heterocycles. The lowest BCUT2D eigenvalue weighted by Crippen LogP contribution is -2.43. The standard InChI is InChI=1S/C19H19N3O5/c1-13-7-8-14(2)17(11-13)27-12-19(24)21-20-18(23)10-9-15-5-3-4-6-16(15)22(25)26/h3-11H,12H2,1-2H3,(H,20,23)(H,21,24). The van der Waals surface area contributed by atoms with Crippen molar-refractivity contribution < 1.29 is 19.2 Å². The molecule has 0 fully saturated rings. The van der Waals surface area contributed by atoms with Gasteiger partial charge in [-0.2, -0.15) is 0 Å². The van der Waals surface area contributed by atoms with Crippen molar-refractivity contribution >= 4 is 23.6 Å². The van der Waals surface area contributed by atoms with Crippen LogP contribution < -0.4 is 15.6 Å². The molecule has 27 heavy (non-hydrogen) atoms. The molecule has 0 aromatic heterocycles. The number of hydrazine groups is 1. The molecule has 2 rings (SSSR count). The van der Waals surface area contributed by atoms with E-state index in [1.165, 1.54) is 24.3 Å². The van der Waals surface area contributed by atoms with E-state index < -0.39 is 16.7 Å². The van der Waals surface area contributed by atoms with E-state index in [1.54, 1.807) is 6.07 Å². The summed E-state index contributed by atoms with van der Waals surface area (Å²) in [6.07, 6.45) is 2.39. The van der Waals surface area contributed by atoms with Crippen LogP contribution in [0.4, 0.5) is 5.69 Å². The third-order valence-corrected chi connectivity index (χ3v) is 3.58. The fourth-order valence-corrected chi connectivity index (χ4v) is 2.18. The second kappa shape index (κ2) is 9.14. The number of carbonyl (C=O) groups excluding carboxylic acids is 2. The van der Waals surface area contributed by atoms with E-state index in [-0.39, 0.29) is 17.9 Å². The van der Waals surface area contributed by atoms with Crippen LogP contribution in [-0.2, 0) is 9.59 Å². The maximum absolute atomic E-state index is 11.8. The molecule has 0 radical (unpaired) electrons. The van der Waals surface area contributed by atoms with Crippen molar-refractivity contribution in [2.45, 2.75) is 13.8 Å². The highest BCUT2D eigenvalue weighted by Crippen LogP contribution is 2.19. The quantitative estimate of drug-likeness (QED) is 0.462. The Balaban J connectivity index is 1.84. The van der Waals surface area contributed by atoms with E-state index >= 15 is 0 Å². The van der Waals surface area contributed by atoms with Crippen LogP contribution in [-0.4, -0.2) is 23.3 Å². The van der Waals surface area contributed by atoms with Gasteiger partial charge in [-0.25, -0.2) is 0 Å². The van der Waals surface area contributed by atoms with Crippen LogP contribution in [0.15, 0.2) is 48.5 Å². The topological polar surface area (TPSA) is 111 Å². The van der Waals surface area contributed by atoms with E-state index in [4.69, 9.17) is 4.74 Å². The lowest BCUT2D eigenvalue weighted by atomic mass is 10.1. The first-order chi connectivity index (χ1) is 12.9. The van der Waals surface area contributed by atoms with E-state index in [0.717, 1.165) is 17.2 Å². The zero-order valence-electron chi connectivity index (χ0n) is 14.9. The van der Waals surface area contributed by atoms with Crippen LogP contribution >= 0.6 is 0 Å². The highest BCUT2D eigenvalue weighted by Gasteiger charge is 2.10. The molecule has 0 aliphatic rings. The van der Waals surface area contributed by atoms with Crippen molar-refractivity contribution in [2.75, 3.05) is 6.61 Å². The molecule has 140 valence electrons. The average molecular weight is 369 g/mol. The van der Waals surface area contributed by atoms with Crippen molar-refractivity contribution in [2.24, 2.45) is 0 Å². The summed E-state index contributed by atoms with van der Waals surface area (Å²) in [5.41, 5.74) is 6.46. The van der Waals surface area contributed by atoms with Crippen LogP contribution in [0.25, 0.3) is 6.08 Å². The van der Waals surface area contributed by atoms with Gasteiger partial charge in [0.1, 0.15) is 5.75 Å². The molecular weight excluding hydrogens is 350 g/mol. The minimum absolute atomic E-state index is 0.118. The lowest BCUT2D eigenvalue weighted by Gasteiger charge is -2.10. The fourth-order valence-electron chi connectivity index (χ4n) is 2.18. The Morgan fingerprint density at radius 3 is 2.63 bits per heavy atom. The van der Waals surface area contributed by atoms with Gasteiger partial charge in [0.2, 0.25) is 0 Å². The van der Waals surface area contributed by atoms with Crippen molar-refractivity contribution in [3.63, 3.8) is 0 Å². The third-order valence-electron chi connectivity index (χ3n) is 3.58. The van der Waals surface area contributed by atoms with Crippen LogP contribution in [0.1, 0.15) is 16.7 Å². The Kier molecular flexibility index (Phi) is 6.65. The number of hydrogen-bond donors (Lipinski definition) is 2. The Morgan fingerprint density at radius 1 is 1.15 bits per heavy atom. The molecule has 0 saturated carbocycles. The number of nitrogens with zero attached hydrogens (tertiary/aromatic N) is 1. The number of nitro groups is 1. The number of hydrogen-bond acceptors (Lipinski definition) is 5. The van der Waals surface area contributed by atoms with Gasteiger partial charge in [0.25, 0.3) is 17.5 Å². The molecule has 8 heteroatoms. The molecular formula is C19H19N3O5. The summed E-state index contributed by atoms with van der Waals surface area (Å²) >= 11 is 0. The summed E-state index contributed by atoms with van der Waals surface area (Å²) in [6, 6.07) is 11.6. The number of para-hydroxylation sites is 1. The number of carbonyl (C=O) groups is 2. The Bertz CT molecular complexity index is 893. The van der Waals surface area contributed by atoms with Gasteiger partial charge in [0.15, 0.2) is 6.61 Å². The first-order valence-corrected chi connectivity index (χ1v) is 8.07. The molecule has 2 aromatic rings. The smallest absolute Gasteiger partial charge is 0.276 e. The van der Waals surface area contributed by atoms with Crippen molar-refractivity contribution in [1.29, 1.82) is 0 Å². The number of rotatable bonds is 6. The summed E-state index contributed by atoms with van der Waals surface area (Å²) in [6.45, 7) is 3.51. The summed E-state index contributed by atoms with van der Waals surface area (Å²) < 4.78 is 5.43. The number of nitro benzene ring substituents is 1. The van der Waals surface area contributed by atoms with Crippen LogP contribution in [0.2, 0.25) is 0 Å². The molecule has 2 amide bonds.